The lowest BCUT2D eigenvalue weighted by Crippen LogP contribution is -2.63. The van der Waals surface area contributed by atoms with Crippen LogP contribution in [0.25, 0.3) is 0 Å². The summed E-state index contributed by atoms with van der Waals surface area (Å²) in [5, 5.41) is 22.8. The van der Waals surface area contributed by atoms with Crippen LogP contribution in [0.3, 0.4) is 0 Å². The van der Waals surface area contributed by atoms with Gasteiger partial charge in [-0.05, 0) is 28.5 Å². The van der Waals surface area contributed by atoms with Crippen molar-refractivity contribution in [3.63, 3.8) is 0 Å². The van der Waals surface area contributed by atoms with Crippen molar-refractivity contribution < 1.29 is 19.6 Å². The first-order chi connectivity index (χ1) is 9.61. The van der Waals surface area contributed by atoms with E-state index in [9.17, 15) is 5.11 Å². The number of anilines is 1. The van der Waals surface area contributed by atoms with Crippen LogP contribution in [-0.4, -0.2) is 34.6 Å². The standard InChI is InChI=1S/C11H12N6O3/c1-19-8-4-6(2-3-7(8)18)5-14-15-10(12)9-11(13)17-20-16-9/h2-5,18H,1H3,(H2,12,15)(H2,13,17)/p+1/b14-5+. The molecule has 104 valence electrons. The van der Waals surface area contributed by atoms with E-state index < -0.39 is 0 Å². The Morgan fingerprint density at radius 2 is 2.30 bits per heavy atom. The Morgan fingerprint density at radius 3 is 2.95 bits per heavy atom. The van der Waals surface area contributed by atoms with Gasteiger partial charge in [-0.15, -0.1) is 5.10 Å². The topological polar surface area (TPSA) is 147 Å². The molecule has 0 atom stereocenters. The molecule has 1 aromatic carbocycles. The van der Waals surface area contributed by atoms with Crippen LogP contribution in [0.5, 0.6) is 11.5 Å². The molecule has 9 heteroatoms. The molecule has 0 bridgehead atoms. The summed E-state index contributed by atoms with van der Waals surface area (Å²) in [5.41, 5.74) is 12.0. The Labute approximate surface area is 113 Å². The van der Waals surface area contributed by atoms with Crippen LogP contribution >= 0.6 is 0 Å². The summed E-state index contributed by atoms with van der Waals surface area (Å²) in [6.45, 7) is 0. The lowest BCUT2D eigenvalue weighted by Gasteiger charge is -2.01. The molecule has 0 saturated carbocycles. The fourth-order valence-electron chi connectivity index (χ4n) is 1.39. The number of aromatic hydroxyl groups is 1. The molecule has 0 aliphatic rings. The van der Waals surface area contributed by atoms with Gasteiger partial charge < -0.3 is 21.3 Å². The Hall–Kier alpha value is -3.10. The normalized spacial score (nSPS) is 11.9. The molecular weight excluding hydrogens is 264 g/mol. The number of phenols is 1. The van der Waals surface area contributed by atoms with Gasteiger partial charge in [-0.1, -0.05) is 0 Å². The van der Waals surface area contributed by atoms with Crippen LogP contribution in [0.4, 0.5) is 5.82 Å². The van der Waals surface area contributed by atoms with E-state index in [0.29, 0.717) is 5.75 Å². The maximum absolute atomic E-state index is 9.46. The maximum atomic E-state index is 9.46. The zero-order valence-electron chi connectivity index (χ0n) is 10.6. The summed E-state index contributed by atoms with van der Waals surface area (Å²) in [7, 11) is 1.46. The van der Waals surface area contributed by atoms with E-state index in [-0.39, 0.29) is 23.1 Å². The van der Waals surface area contributed by atoms with Crippen molar-refractivity contribution >= 4 is 17.9 Å². The number of nitrogen functional groups attached to an aromatic ring is 1. The number of aromatic nitrogens is 2. The zero-order chi connectivity index (χ0) is 14.5. The molecule has 0 fully saturated rings. The molecule has 0 amide bonds. The molecule has 0 aliphatic heterocycles. The van der Waals surface area contributed by atoms with Gasteiger partial charge in [-0.2, -0.15) is 0 Å². The molecule has 1 heterocycles. The molecular formula is C11H13N6O3+. The summed E-state index contributed by atoms with van der Waals surface area (Å²) >= 11 is 0. The van der Waals surface area contributed by atoms with Crippen molar-refractivity contribution in [3.8, 4) is 11.5 Å². The molecule has 6 N–H and O–H groups in total. The van der Waals surface area contributed by atoms with Crippen LogP contribution in [0.2, 0.25) is 0 Å². The molecule has 2 aromatic rings. The third kappa shape index (κ3) is 2.83. The molecule has 0 spiro atoms. The minimum absolute atomic E-state index is 0.0331. The Bertz CT molecular complexity index is 664. The number of benzene rings is 1. The number of nitrogens with two attached hydrogens (primary N) is 2. The van der Waals surface area contributed by atoms with Gasteiger partial charge in [-0.3, -0.25) is 0 Å². The van der Waals surface area contributed by atoms with Gasteiger partial charge in [-0.25, -0.2) is 4.63 Å². The predicted molar refractivity (Wildman–Crippen MR) is 70.2 cm³/mol. The summed E-state index contributed by atoms with van der Waals surface area (Å²) in [4.78, 5) is 0. The third-order valence-electron chi connectivity index (χ3n) is 2.38. The monoisotopic (exact) mass is 277 g/mol. The van der Waals surface area contributed by atoms with Crippen molar-refractivity contribution in [2.45, 2.75) is 0 Å². The second-order valence-corrected chi connectivity index (χ2v) is 3.70. The van der Waals surface area contributed by atoms with Gasteiger partial charge in [0, 0.05) is 10.7 Å². The Kier molecular flexibility index (Phi) is 3.80. The van der Waals surface area contributed by atoms with E-state index in [1.165, 1.54) is 13.2 Å². The van der Waals surface area contributed by atoms with Gasteiger partial charge >= 0.3 is 0 Å². The number of methoxy groups -OCH3 is 1. The fourth-order valence-corrected chi connectivity index (χ4v) is 1.39. The first-order valence-corrected chi connectivity index (χ1v) is 5.49. The van der Waals surface area contributed by atoms with E-state index in [2.05, 4.69) is 25.1 Å². The third-order valence-corrected chi connectivity index (χ3v) is 2.38. The highest BCUT2D eigenvalue weighted by Gasteiger charge is 2.11. The number of hydrogen-bond donors (Lipinski definition) is 4. The summed E-state index contributed by atoms with van der Waals surface area (Å²) < 4.78 is 9.39. The number of ether oxygens (including phenoxy) is 1. The molecule has 2 rings (SSSR count). The molecule has 9 nitrogen and oxygen atoms in total. The van der Waals surface area contributed by atoms with Crippen molar-refractivity contribution in [3.05, 3.63) is 29.5 Å². The molecule has 0 saturated heterocycles. The van der Waals surface area contributed by atoms with Crippen LogP contribution in [0, 0.1) is 0 Å². The second kappa shape index (κ2) is 5.69. The van der Waals surface area contributed by atoms with Gasteiger partial charge in [0.05, 0.1) is 7.11 Å². The SMILES string of the molecule is COc1cc(/C=[NH+]/N=C(N)c2nonc2N)ccc1O. The Morgan fingerprint density at radius 1 is 1.50 bits per heavy atom. The van der Waals surface area contributed by atoms with Crippen LogP contribution < -0.4 is 21.3 Å². The van der Waals surface area contributed by atoms with E-state index in [0.717, 1.165) is 5.56 Å². The van der Waals surface area contributed by atoms with Crippen LogP contribution in [0.1, 0.15) is 11.3 Å². The first-order valence-electron chi connectivity index (χ1n) is 5.49. The quantitative estimate of drug-likeness (QED) is 0.292. The fraction of sp³-hybridized carbons (Fsp3) is 0.0909. The van der Waals surface area contributed by atoms with Crippen molar-refractivity contribution in [1.29, 1.82) is 0 Å². The largest absolute Gasteiger partial charge is 0.504 e. The number of nitrogens with zero attached hydrogens (tertiary/aromatic N) is 3. The van der Waals surface area contributed by atoms with E-state index in [1.807, 2.05) is 0 Å². The number of rotatable bonds is 4. The highest BCUT2D eigenvalue weighted by atomic mass is 16.6. The second-order valence-electron chi connectivity index (χ2n) is 3.70. The highest BCUT2D eigenvalue weighted by molar-refractivity contribution is 5.98. The van der Waals surface area contributed by atoms with Gasteiger partial charge in [0.1, 0.15) is 0 Å². The minimum Gasteiger partial charge on any atom is -0.504 e. The van der Waals surface area contributed by atoms with Crippen LogP contribution in [0.15, 0.2) is 27.9 Å². The maximum Gasteiger partial charge on any atom is 0.224 e. The predicted octanol–water partition coefficient (Wildman–Crippen LogP) is -1.81. The number of phenolic OH excluding ortho intramolecular Hbond substituents is 1. The van der Waals surface area contributed by atoms with Crippen LogP contribution in [-0.2, 0) is 0 Å². The number of amidine groups is 1. The molecule has 0 aliphatic carbocycles. The lowest BCUT2D eigenvalue weighted by atomic mass is 10.2. The molecule has 1 aromatic heterocycles. The lowest BCUT2D eigenvalue weighted by molar-refractivity contribution is -0.456. The van der Waals surface area contributed by atoms with E-state index in [1.54, 1.807) is 18.3 Å². The summed E-state index contributed by atoms with van der Waals surface area (Å²) in [6.07, 6.45) is 1.55. The molecule has 0 unspecified atom stereocenters. The van der Waals surface area contributed by atoms with Gasteiger partial charge in [0.25, 0.3) is 0 Å². The van der Waals surface area contributed by atoms with Crippen molar-refractivity contribution in [2.75, 3.05) is 12.8 Å². The average Bonchev–Trinajstić information content (AvgIpc) is 2.87. The zero-order valence-corrected chi connectivity index (χ0v) is 10.6. The summed E-state index contributed by atoms with van der Waals surface area (Å²) in [5.74, 6) is 0.488. The molecule has 0 radical (unpaired) electrons. The van der Waals surface area contributed by atoms with Gasteiger partial charge in [0.2, 0.25) is 12.1 Å². The number of hydrogen-bond acceptors (Lipinski definition) is 7. The highest BCUT2D eigenvalue weighted by Crippen LogP contribution is 2.25. The first kappa shape index (κ1) is 13.3. The number of hydrazone groups is 1. The average molecular weight is 277 g/mol. The Balaban J connectivity index is 2.16. The van der Waals surface area contributed by atoms with E-state index in [4.69, 9.17) is 16.2 Å². The summed E-state index contributed by atoms with van der Waals surface area (Å²) in [6, 6.07) is 4.79. The van der Waals surface area contributed by atoms with Crippen molar-refractivity contribution in [1.82, 2.24) is 10.3 Å². The van der Waals surface area contributed by atoms with Gasteiger partial charge in [0.15, 0.2) is 23.0 Å². The van der Waals surface area contributed by atoms with Crippen molar-refractivity contribution in [2.24, 2.45) is 10.8 Å². The minimum atomic E-state index is 0.0331. The number of nitrogens with one attached hydrogen (secondary N) is 1. The smallest absolute Gasteiger partial charge is 0.224 e. The van der Waals surface area contributed by atoms with E-state index >= 15 is 0 Å². The molecule has 20 heavy (non-hydrogen) atoms.